The monoisotopic (exact) mass is 225 g/mol. The molecule has 2 aromatic heterocycles. The van der Waals surface area contributed by atoms with E-state index in [9.17, 15) is 0 Å². The van der Waals surface area contributed by atoms with Crippen molar-refractivity contribution in [2.75, 3.05) is 11.9 Å². The van der Waals surface area contributed by atoms with Crippen molar-refractivity contribution in [2.45, 2.75) is 13.3 Å². The lowest BCUT2D eigenvalue weighted by molar-refractivity contribution is 0.785. The largest absolute Gasteiger partial charge is 0.369 e. The van der Waals surface area contributed by atoms with E-state index in [1.807, 2.05) is 7.05 Å². The van der Waals surface area contributed by atoms with Gasteiger partial charge >= 0.3 is 0 Å². The lowest BCUT2D eigenvalue weighted by atomic mass is 10.4. The van der Waals surface area contributed by atoms with Crippen molar-refractivity contribution >= 4 is 28.5 Å². The molecular formula is C9H12ClN5. The summed E-state index contributed by atoms with van der Waals surface area (Å²) in [4.78, 5) is 8.26. The quantitative estimate of drug-likeness (QED) is 0.810. The van der Waals surface area contributed by atoms with E-state index in [0.717, 1.165) is 29.8 Å². The van der Waals surface area contributed by atoms with E-state index in [2.05, 4.69) is 27.3 Å². The Hall–Kier alpha value is -1.36. The Morgan fingerprint density at radius 2 is 2.27 bits per heavy atom. The Balaban J connectivity index is 2.52. The van der Waals surface area contributed by atoms with Gasteiger partial charge in [0.1, 0.15) is 5.82 Å². The Labute approximate surface area is 92.5 Å². The molecule has 0 bridgehead atoms. The molecule has 0 aliphatic rings. The number of rotatable bonds is 3. The van der Waals surface area contributed by atoms with Gasteiger partial charge in [0.2, 0.25) is 5.28 Å². The zero-order chi connectivity index (χ0) is 10.8. The van der Waals surface area contributed by atoms with Crippen LogP contribution in [0.3, 0.4) is 0 Å². The van der Waals surface area contributed by atoms with Gasteiger partial charge in [0.15, 0.2) is 5.65 Å². The second kappa shape index (κ2) is 4.02. The normalized spacial score (nSPS) is 10.9. The van der Waals surface area contributed by atoms with Crippen LogP contribution in [0.4, 0.5) is 5.82 Å². The van der Waals surface area contributed by atoms with E-state index in [4.69, 9.17) is 11.6 Å². The first-order valence-electron chi connectivity index (χ1n) is 4.81. The fourth-order valence-corrected chi connectivity index (χ4v) is 1.54. The molecule has 0 atom stereocenters. The molecule has 0 fully saturated rings. The molecule has 2 aromatic rings. The van der Waals surface area contributed by atoms with Crippen LogP contribution in [0.25, 0.3) is 11.0 Å². The van der Waals surface area contributed by atoms with Gasteiger partial charge in [-0.15, -0.1) is 0 Å². The Morgan fingerprint density at radius 3 is 3.00 bits per heavy atom. The highest BCUT2D eigenvalue weighted by Crippen LogP contribution is 2.20. The summed E-state index contributed by atoms with van der Waals surface area (Å²) >= 11 is 5.83. The number of hydrogen-bond acceptors (Lipinski definition) is 4. The number of aromatic nitrogens is 4. The maximum absolute atomic E-state index is 5.83. The smallest absolute Gasteiger partial charge is 0.226 e. The van der Waals surface area contributed by atoms with Gasteiger partial charge in [0.05, 0.1) is 11.6 Å². The van der Waals surface area contributed by atoms with Gasteiger partial charge in [-0.2, -0.15) is 15.1 Å². The summed E-state index contributed by atoms with van der Waals surface area (Å²) in [6, 6.07) is 0. The summed E-state index contributed by atoms with van der Waals surface area (Å²) in [7, 11) is 1.83. The van der Waals surface area contributed by atoms with Crippen molar-refractivity contribution in [3.8, 4) is 0 Å². The molecule has 2 rings (SSSR count). The van der Waals surface area contributed by atoms with Crippen LogP contribution in [-0.4, -0.2) is 26.3 Å². The first-order chi connectivity index (χ1) is 7.22. The highest BCUT2D eigenvalue weighted by Gasteiger charge is 2.09. The molecule has 0 unspecified atom stereocenters. The van der Waals surface area contributed by atoms with Crippen LogP contribution in [-0.2, 0) is 7.05 Å². The minimum atomic E-state index is 0.240. The van der Waals surface area contributed by atoms with Gasteiger partial charge in [0, 0.05) is 13.6 Å². The van der Waals surface area contributed by atoms with Crippen LogP contribution in [0.1, 0.15) is 13.3 Å². The molecule has 0 aromatic carbocycles. The van der Waals surface area contributed by atoms with Crippen molar-refractivity contribution in [1.82, 2.24) is 19.7 Å². The van der Waals surface area contributed by atoms with Gasteiger partial charge in [-0.3, -0.25) is 4.68 Å². The van der Waals surface area contributed by atoms with Gasteiger partial charge in [-0.25, -0.2) is 0 Å². The average Bonchev–Trinajstić information content (AvgIpc) is 2.57. The summed E-state index contributed by atoms with van der Waals surface area (Å²) in [6.07, 6.45) is 2.77. The summed E-state index contributed by atoms with van der Waals surface area (Å²) in [5, 5.41) is 8.46. The second-order valence-corrected chi connectivity index (χ2v) is 3.61. The molecule has 0 aliphatic heterocycles. The molecule has 80 valence electrons. The molecule has 1 N–H and O–H groups in total. The van der Waals surface area contributed by atoms with Crippen molar-refractivity contribution < 1.29 is 0 Å². The number of anilines is 1. The van der Waals surface area contributed by atoms with Crippen LogP contribution < -0.4 is 5.32 Å². The summed E-state index contributed by atoms with van der Waals surface area (Å²) in [5.41, 5.74) is 0.744. The van der Waals surface area contributed by atoms with Gasteiger partial charge in [-0.05, 0) is 18.0 Å². The van der Waals surface area contributed by atoms with E-state index in [-0.39, 0.29) is 5.28 Å². The molecule has 0 radical (unpaired) electrons. The third-order valence-corrected chi connectivity index (χ3v) is 2.28. The predicted molar refractivity (Wildman–Crippen MR) is 60.1 cm³/mol. The van der Waals surface area contributed by atoms with E-state index >= 15 is 0 Å². The zero-order valence-corrected chi connectivity index (χ0v) is 9.41. The number of nitrogens with zero attached hydrogens (tertiary/aromatic N) is 4. The molecule has 0 aliphatic carbocycles. The van der Waals surface area contributed by atoms with Crippen LogP contribution in [0, 0.1) is 0 Å². The Bertz CT molecular complexity index is 479. The second-order valence-electron chi connectivity index (χ2n) is 3.27. The Kier molecular flexibility index (Phi) is 2.73. The van der Waals surface area contributed by atoms with E-state index in [1.165, 1.54) is 0 Å². The molecule has 0 amide bonds. The molecule has 6 heteroatoms. The van der Waals surface area contributed by atoms with E-state index in [1.54, 1.807) is 10.9 Å². The fraction of sp³-hybridized carbons (Fsp3) is 0.444. The fourth-order valence-electron chi connectivity index (χ4n) is 1.37. The molecule has 0 spiro atoms. The summed E-state index contributed by atoms with van der Waals surface area (Å²) < 4.78 is 1.68. The highest BCUT2D eigenvalue weighted by molar-refractivity contribution is 6.28. The lowest BCUT2D eigenvalue weighted by Gasteiger charge is -2.04. The number of halogens is 1. The van der Waals surface area contributed by atoms with Crippen molar-refractivity contribution in [1.29, 1.82) is 0 Å². The standard InChI is InChI=1S/C9H12ClN5/c1-3-4-11-7-6-5-12-15(2)8(6)14-9(10)13-7/h5H,3-4H2,1-2H3,(H,11,13,14). The Morgan fingerprint density at radius 1 is 1.47 bits per heavy atom. The number of hydrogen-bond donors (Lipinski definition) is 1. The minimum absolute atomic E-state index is 0.240. The lowest BCUT2D eigenvalue weighted by Crippen LogP contribution is -2.03. The first-order valence-corrected chi connectivity index (χ1v) is 5.19. The van der Waals surface area contributed by atoms with Gasteiger partial charge in [0.25, 0.3) is 0 Å². The number of fused-ring (bicyclic) bond motifs is 1. The molecule has 15 heavy (non-hydrogen) atoms. The van der Waals surface area contributed by atoms with Gasteiger partial charge in [-0.1, -0.05) is 6.92 Å². The number of nitrogens with one attached hydrogen (secondary N) is 1. The number of aryl methyl sites for hydroxylation is 1. The van der Waals surface area contributed by atoms with Gasteiger partial charge < -0.3 is 5.32 Å². The zero-order valence-electron chi connectivity index (χ0n) is 8.66. The third-order valence-electron chi connectivity index (χ3n) is 2.11. The molecule has 0 saturated carbocycles. The van der Waals surface area contributed by atoms with E-state index in [0.29, 0.717) is 0 Å². The maximum atomic E-state index is 5.83. The predicted octanol–water partition coefficient (Wildman–Crippen LogP) is 1.84. The topological polar surface area (TPSA) is 55.6 Å². The first kappa shape index (κ1) is 10.2. The highest BCUT2D eigenvalue weighted by atomic mass is 35.5. The molecule has 5 nitrogen and oxygen atoms in total. The van der Waals surface area contributed by atoms with Crippen molar-refractivity contribution in [3.05, 3.63) is 11.5 Å². The molecule has 2 heterocycles. The van der Waals surface area contributed by atoms with Crippen molar-refractivity contribution in [2.24, 2.45) is 7.05 Å². The SMILES string of the molecule is CCCNc1nc(Cl)nc2c1cnn2C. The minimum Gasteiger partial charge on any atom is -0.369 e. The summed E-state index contributed by atoms with van der Waals surface area (Å²) in [6.45, 7) is 2.95. The van der Waals surface area contributed by atoms with Crippen molar-refractivity contribution in [3.63, 3.8) is 0 Å². The summed E-state index contributed by atoms with van der Waals surface area (Å²) in [5.74, 6) is 0.750. The van der Waals surface area contributed by atoms with E-state index < -0.39 is 0 Å². The third kappa shape index (κ3) is 1.87. The maximum Gasteiger partial charge on any atom is 0.226 e. The van der Waals surface area contributed by atoms with Crippen LogP contribution >= 0.6 is 11.6 Å². The van der Waals surface area contributed by atoms with Crippen LogP contribution in [0.5, 0.6) is 0 Å². The molecular weight excluding hydrogens is 214 g/mol. The van der Waals surface area contributed by atoms with Crippen LogP contribution in [0.15, 0.2) is 6.20 Å². The van der Waals surface area contributed by atoms with Crippen LogP contribution in [0.2, 0.25) is 5.28 Å². The molecule has 0 saturated heterocycles. The average molecular weight is 226 g/mol.